The summed E-state index contributed by atoms with van der Waals surface area (Å²) in [5.74, 6) is 0.683. The van der Waals surface area contributed by atoms with Crippen LogP contribution in [0.1, 0.15) is 25.8 Å². The quantitative estimate of drug-likeness (QED) is 0.839. The lowest BCUT2D eigenvalue weighted by Crippen LogP contribution is -2.32. The molecule has 92 valence electrons. The van der Waals surface area contributed by atoms with Crippen LogP contribution >= 0.6 is 11.3 Å². The second kappa shape index (κ2) is 5.65. The smallest absolute Gasteiger partial charge is 0.0345 e. The van der Waals surface area contributed by atoms with E-state index in [2.05, 4.69) is 55.9 Å². The zero-order valence-corrected chi connectivity index (χ0v) is 11.7. The average Bonchev–Trinajstić information content (AvgIpc) is 2.74. The van der Waals surface area contributed by atoms with Crippen LogP contribution in [0.2, 0.25) is 0 Å². The van der Waals surface area contributed by atoms with Crippen LogP contribution in [0.25, 0.3) is 10.1 Å². The van der Waals surface area contributed by atoms with Crippen LogP contribution in [0.4, 0.5) is 0 Å². The van der Waals surface area contributed by atoms with Gasteiger partial charge in [-0.2, -0.15) is 0 Å². The Morgan fingerprint density at radius 2 is 2.06 bits per heavy atom. The highest BCUT2D eigenvalue weighted by Gasteiger charge is 2.15. The largest absolute Gasteiger partial charge is 0.317 e. The zero-order valence-electron chi connectivity index (χ0n) is 10.9. The van der Waals surface area contributed by atoms with Crippen LogP contribution in [0, 0.1) is 5.92 Å². The minimum atomic E-state index is 0.619. The molecule has 1 aromatic heterocycles. The van der Waals surface area contributed by atoms with Crippen molar-refractivity contribution in [1.82, 2.24) is 5.32 Å². The van der Waals surface area contributed by atoms with Crippen molar-refractivity contribution in [2.24, 2.45) is 5.92 Å². The van der Waals surface area contributed by atoms with E-state index in [-0.39, 0.29) is 0 Å². The highest BCUT2D eigenvalue weighted by atomic mass is 32.1. The summed E-state index contributed by atoms with van der Waals surface area (Å²) in [6.45, 7) is 4.60. The Morgan fingerprint density at radius 1 is 1.29 bits per heavy atom. The molecule has 0 fully saturated rings. The summed E-state index contributed by atoms with van der Waals surface area (Å²) in [5.41, 5.74) is 1.51. The normalized spacial score (nSPS) is 15.0. The maximum atomic E-state index is 3.42. The molecular weight excluding hydrogens is 226 g/mol. The van der Waals surface area contributed by atoms with Gasteiger partial charge >= 0.3 is 0 Å². The standard InChI is InChI=1S/C15H21NS/c1-4-14(16-3)11(2)9-12-10-17-15-8-6-5-7-13(12)15/h5-8,10-11,14,16H,4,9H2,1-3H3. The van der Waals surface area contributed by atoms with Crippen LogP contribution in [0.15, 0.2) is 29.6 Å². The molecule has 0 radical (unpaired) electrons. The van der Waals surface area contributed by atoms with E-state index in [0.29, 0.717) is 12.0 Å². The molecule has 0 amide bonds. The summed E-state index contributed by atoms with van der Waals surface area (Å²) in [6, 6.07) is 9.33. The fourth-order valence-electron chi connectivity index (χ4n) is 2.57. The molecule has 0 aliphatic rings. The number of fused-ring (bicyclic) bond motifs is 1. The summed E-state index contributed by atoms with van der Waals surface area (Å²) < 4.78 is 1.41. The molecule has 17 heavy (non-hydrogen) atoms. The molecule has 0 aliphatic carbocycles. The van der Waals surface area contributed by atoms with Crippen LogP contribution in [-0.4, -0.2) is 13.1 Å². The number of rotatable bonds is 5. The maximum absolute atomic E-state index is 3.42. The molecule has 2 unspecified atom stereocenters. The van der Waals surface area contributed by atoms with Crippen molar-refractivity contribution in [2.45, 2.75) is 32.7 Å². The molecular formula is C15H21NS. The third-order valence-electron chi connectivity index (χ3n) is 3.60. The Morgan fingerprint density at radius 3 is 2.76 bits per heavy atom. The Kier molecular flexibility index (Phi) is 4.19. The van der Waals surface area contributed by atoms with E-state index in [4.69, 9.17) is 0 Å². The first-order chi connectivity index (χ1) is 8.26. The Labute approximate surface area is 108 Å². The van der Waals surface area contributed by atoms with Crippen LogP contribution in [-0.2, 0) is 6.42 Å². The lowest BCUT2D eigenvalue weighted by molar-refractivity contribution is 0.388. The molecule has 2 heteroatoms. The van der Waals surface area contributed by atoms with Crippen LogP contribution in [0.3, 0.4) is 0 Å². The summed E-state index contributed by atoms with van der Waals surface area (Å²) in [7, 11) is 2.07. The van der Waals surface area contributed by atoms with Gasteiger partial charge in [-0.05, 0) is 48.2 Å². The molecule has 2 rings (SSSR count). The minimum absolute atomic E-state index is 0.619. The van der Waals surface area contributed by atoms with Gasteiger partial charge in [0.05, 0.1) is 0 Å². The van der Waals surface area contributed by atoms with Crippen molar-refractivity contribution < 1.29 is 0 Å². The van der Waals surface area contributed by atoms with E-state index in [1.807, 2.05) is 11.3 Å². The van der Waals surface area contributed by atoms with E-state index in [9.17, 15) is 0 Å². The van der Waals surface area contributed by atoms with Gasteiger partial charge in [0, 0.05) is 10.7 Å². The minimum Gasteiger partial charge on any atom is -0.317 e. The van der Waals surface area contributed by atoms with E-state index in [1.165, 1.54) is 28.5 Å². The average molecular weight is 247 g/mol. The maximum Gasteiger partial charge on any atom is 0.0345 e. The predicted molar refractivity (Wildman–Crippen MR) is 77.8 cm³/mol. The van der Waals surface area contributed by atoms with Gasteiger partial charge in [0.2, 0.25) is 0 Å². The van der Waals surface area contributed by atoms with Crippen molar-refractivity contribution >= 4 is 21.4 Å². The third kappa shape index (κ3) is 2.70. The molecule has 1 aromatic carbocycles. The van der Waals surface area contributed by atoms with E-state index >= 15 is 0 Å². The molecule has 0 saturated heterocycles. The van der Waals surface area contributed by atoms with Crippen molar-refractivity contribution in [3.8, 4) is 0 Å². The second-order valence-corrected chi connectivity index (χ2v) is 5.65. The summed E-state index contributed by atoms with van der Waals surface area (Å²) in [4.78, 5) is 0. The van der Waals surface area contributed by atoms with E-state index in [0.717, 1.165) is 0 Å². The van der Waals surface area contributed by atoms with Gasteiger partial charge < -0.3 is 5.32 Å². The lowest BCUT2D eigenvalue weighted by Gasteiger charge is -2.21. The highest BCUT2D eigenvalue weighted by molar-refractivity contribution is 7.17. The van der Waals surface area contributed by atoms with Gasteiger partial charge in [-0.15, -0.1) is 11.3 Å². The molecule has 2 atom stereocenters. The summed E-state index contributed by atoms with van der Waals surface area (Å²) in [5, 5.41) is 7.18. The first kappa shape index (κ1) is 12.6. The van der Waals surface area contributed by atoms with Gasteiger partial charge in [-0.1, -0.05) is 32.0 Å². The van der Waals surface area contributed by atoms with E-state index in [1.54, 1.807) is 0 Å². The Bertz CT molecular complexity index is 470. The monoisotopic (exact) mass is 247 g/mol. The first-order valence-electron chi connectivity index (χ1n) is 6.38. The number of hydrogen-bond acceptors (Lipinski definition) is 2. The Balaban J connectivity index is 2.18. The first-order valence-corrected chi connectivity index (χ1v) is 7.26. The van der Waals surface area contributed by atoms with Gasteiger partial charge in [-0.25, -0.2) is 0 Å². The molecule has 0 bridgehead atoms. The molecule has 1 nitrogen and oxygen atoms in total. The van der Waals surface area contributed by atoms with Gasteiger partial charge in [0.1, 0.15) is 0 Å². The number of benzene rings is 1. The Hall–Kier alpha value is -0.860. The molecule has 1 N–H and O–H groups in total. The van der Waals surface area contributed by atoms with Gasteiger partial charge in [-0.3, -0.25) is 0 Å². The van der Waals surface area contributed by atoms with Crippen molar-refractivity contribution in [3.63, 3.8) is 0 Å². The SMILES string of the molecule is CCC(NC)C(C)Cc1csc2ccccc12. The van der Waals surface area contributed by atoms with Crippen molar-refractivity contribution in [2.75, 3.05) is 7.05 Å². The fourth-order valence-corrected chi connectivity index (χ4v) is 3.55. The molecule has 0 saturated carbocycles. The lowest BCUT2D eigenvalue weighted by atomic mass is 9.92. The highest BCUT2D eigenvalue weighted by Crippen LogP contribution is 2.28. The second-order valence-electron chi connectivity index (χ2n) is 4.74. The fraction of sp³-hybridized carbons (Fsp3) is 0.467. The van der Waals surface area contributed by atoms with Crippen molar-refractivity contribution in [3.05, 3.63) is 35.2 Å². The molecule has 1 heterocycles. The number of nitrogens with one attached hydrogen (secondary N) is 1. The molecule has 2 aromatic rings. The predicted octanol–water partition coefficient (Wildman–Crippen LogP) is 4.08. The van der Waals surface area contributed by atoms with Crippen LogP contribution < -0.4 is 5.32 Å². The van der Waals surface area contributed by atoms with Gasteiger partial charge in [0.15, 0.2) is 0 Å². The number of thiophene rings is 1. The van der Waals surface area contributed by atoms with E-state index < -0.39 is 0 Å². The molecule has 0 spiro atoms. The number of hydrogen-bond donors (Lipinski definition) is 1. The third-order valence-corrected chi connectivity index (χ3v) is 4.61. The zero-order chi connectivity index (χ0) is 12.3. The topological polar surface area (TPSA) is 12.0 Å². The van der Waals surface area contributed by atoms with Gasteiger partial charge in [0.25, 0.3) is 0 Å². The van der Waals surface area contributed by atoms with Crippen LogP contribution in [0.5, 0.6) is 0 Å². The summed E-state index contributed by atoms with van der Waals surface area (Å²) in [6.07, 6.45) is 2.36. The van der Waals surface area contributed by atoms with Crippen molar-refractivity contribution in [1.29, 1.82) is 0 Å². The molecule has 0 aliphatic heterocycles. The summed E-state index contributed by atoms with van der Waals surface area (Å²) >= 11 is 1.86.